The van der Waals surface area contributed by atoms with E-state index in [1.165, 1.54) is 18.4 Å². The highest BCUT2D eigenvalue weighted by Crippen LogP contribution is 2.44. The average Bonchev–Trinajstić information content (AvgIpc) is 3.52. The fourth-order valence-electron chi connectivity index (χ4n) is 4.03. The normalized spacial score (nSPS) is 14.1. The number of nitrogens with zero attached hydrogens (tertiary/aromatic N) is 2. The number of ether oxygens (including phenoxy) is 1. The fourth-order valence-corrected chi connectivity index (χ4v) is 5.37. The minimum Gasteiger partial charge on any atom is -0.496 e. The third-order valence-corrected chi connectivity index (χ3v) is 7.49. The summed E-state index contributed by atoms with van der Waals surface area (Å²) in [6.07, 6.45) is 9.42. The molecular weight excluding hydrogens is 459 g/mol. The van der Waals surface area contributed by atoms with Gasteiger partial charge in [0.15, 0.2) is 5.13 Å². The lowest BCUT2D eigenvalue weighted by Crippen LogP contribution is -2.29. The van der Waals surface area contributed by atoms with Crippen molar-refractivity contribution in [3.05, 3.63) is 62.4 Å². The number of terminal acetylenes is 1. The Labute approximate surface area is 204 Å². The van der Waals surface area contributed by atoms with E-state index in [1.807, 2.05) is 31.2 Å². The maximum absolute atomic E-state index is 6.61. The molecule has 3 nitrogen and oxygen atoms in total. The second-order valence-electron chi connectivity index (χ2n) is 8.28. The zero-order chi connectivity index (χ0) is 22.8. The van der Waals surface area contributed by atoms with Crippen molar-refractivity contribution in [3.8, 4) is 29.4 Å². The van der Waals surface area contributed by atoms with Crippen LogP contribution >= 0.6 is 34.5 Å². The summed E-state index contributed by atoms with van der Waals surface area (Å²) in [6.45, 7) is 4.58. The molecule has 1 aromatic heterocycles. The van der Waals surface area contributed by atoms with Crippen LogP contribution < -0.4 is 9.64 Å². The van der Waals surface area contributed by atoms with Gasteiger partial charge in [-0.15, -0.1) is 17.8 Å². The van der Waals surface area contributed by atoms with Crippen molar-refractivity contribution in [2.24, 2.45) is 5.92 Å². The summed E-state index contributed by atoms with van der Waals surface area (Å²) in [6, 6.07) is 12.1. The van der Waals surface area contributed by atoms with E-state index in [1.54, 1.807) is 18.4 Å². The van der Waals surface area contributed by atoms with Crippen molar-refractivity contribution < 1.29 is 4.74 Å². The number of rotatable bonds is 8. The maximum Gasteiger partial charge on any atom is 0.187 e. The predicted molar refractivity (Wildman–Crippen MR) is 136 cm³/mol. The van der Waals surface area contributed by atoms with Crippen molar-refractivity contribution in [1.29, 1.82) is 0 Å². The molecule has 0 amide bonds. The molecule has 1 heterocycles. The largest absolute Gasteiger partial charge is 0.496 e. The third-order valence-electron chi connectivity index (χ3n) is 5.92. The molecule has 1 fully saturated rings. The topological polar surface area (TPSA) is 25.4 Å². The van der Waals surface area contributed by atoms with Gasteiger partial charge < -0.3 is 9.64 Å². The lowest BCUT2D eigenvalue weighted by Gasteiger charge is -2.30. The molecule has 0 aliphatic heterocycles. The molecule has 1 aliphatic rings. The van der Waals surface area contributed by atoms with E-state index in [-0.39, 0.29) is 6.04 Å². The van der Waals surface area contributed by atoms with Gasteiger partial charge in [-0.1, -0.05) is 54.1 Å². The molecule has 0 N–H and O–H groups in total. The molecule has 3 aromatic rings. The first-order valence-corrected chi connectivity index (χ1v) is 12.3. The van der Waals surface area contributed by atoms with Gasteiger partial charge in [-0.2, -0.15) is 0 Å². The van der Waals surface area contributed by atoms with E-state index in [4.69, 9.17) is 39.3 Å². The Hall–Kier alpha value is -2.19. The van der Waals surface area contributed by atoms with Crippen molar-refractivity contribution in [1.82, 2.24) is 4.98 Å². The number of anilines is 1. The zero-order valence-electron chi connectivity index (χ0n) is 18.5. The van der Waals surface area contributed by atoms with Crippen LogP contribution in [-0.4, -0.2) is 18.6 Å². The van der Waals surface area contributed by atoms with Crippen LogP contribution in [-0.2, 0) is 0 Å². The van der Waals surface area contributed by atoms with Gasteiger partial charge in [0.25, 0.3) is 0 Å². The first-order chi connectivity index (χ1) is 15.4. The number of benzene rings is 2. The SMILES string of the molecule is C#CCN(c1nc(-c2cc(C)c(OC)cc2Cl)c(C)s1)[C@@H](CC1CC1)c1ccc(Cl)cc1. The van der Waals surface area contributed by atoms with E-state index < -0.39 is 0 Å². The molecule has 0 radical (unpaired) electrons. The molecule has 1 atom stereocenters. The van der Waals surface area contributed by atoms with Crippen LogP contribution in [0, 0.1) is 32.1 Å². The first kappa shape index (κ1) is 23.0. The molecule has 32 heavy (non-hydrogen) atoms. The summed E-state index contributed by atoms with van der Waals surface area (Å²) >= 11 is 14.4. The Morgan fingerprint density at radius 3 is 2.56 bits per heavy atom. The van der Waals surface area contributed by atoms with Gasteiger partial charge in [0.1, 0.15) is 5.75 Å². The minimum absolute atomic E-state index is 0.155. The lowest BCUT2D eigenvalue weighted by atomic mass is 9.99. The van der Waals surface area contributed by atoms with Crippen molar-refractivity contribution >= 4 is 39.7 Å². The Morgan fingerprint density at radius 1 is 1.22 bits per heavy atom. The van der Waals surface area contributed by atoms with E-state index in [0.717, 1.165) is 49.9 Å². The van der Waals surface area contributed by atoms with E-state index in [9.17, 15) is 0 Å². The van der Waals surface area contributed by atoms with Crippen molar-refractivity contribution in [2.75, 3.05) is 18.6 Å². The first-order valence-electron chi connectivity index (χ1n) is 10.7. The van der Waals surface area contributed by atoms with Crippen LogP contribution in [0.25, 0.3) is 11.3 Å². The standard InChI is InChI=1S/C26H26Cl2N2OS/c1-5-12-30(23(14-18-6-7-18)19-8-10-20(27)11-9-19)26-29-25(17(3)32-26)21-13-16(2)24(31-4)15-22(21)28/h1,8-11,13,15,18,23H,6-7,12,14H2,2-4H3/t23-/m0/s1. The second kappa shape index (κ2) is 9.75. The second-order valence-corrected chi connectivity index (χ2v) is 10.3. The molecule has 2 aromatic carbocycles. The van der Waals surface area contributed by atoms with E-state index in [0.29, 0.717) is 11.6 Å². The van der Waals surface area contributed by atoms with Crippen LogP contribution in [0.2, 0.25) is 10.0 Å². The molecule has 1 aliphatic carbocycles. The molecule has 0 saturated heterocycles. The van der Waals surface area contributed by atoms with E-state index in [2.05, 4.69) is 29.9 Å². The van der Waals surface area contributed by atoms with Crippen LogP contribution in [0.1, 0.15) is 41.3 Å². The highest BCUT2D eigenvalue weighted by atomic mass is 35.5. The van der Waals surface area contributed by atoms with Crippen LogP contribution in [0.15, 0.2) is 36.4 Å². The molecular formula is C26H26Cl2N2OS. The minimum atomic E-state index is 0.155. The summed E-state index contributed by atoms with van der Waals surface area (Å²) in [5, 5.41) is 2.28. The smallest absolute Gasteiger partial charge is 0.187 e. The molecule has 0 unspecified atom stereocenters. The molecule has 1 saturated carbocycles. The Kier molecular flexibility index (Phi) is 7.00. The summed E-state index contributed by atoms with van der Waals surface area (Å²) in [5.41, 5.74) is 4.04. The van der Waals surface area contributed by atoms with Crippen LogP contribution in [0.3, 0.4) is 0 Å². The van der Waals surface area contributed by atoms with Crippen LogP contribution in [0.4, 0.5) is 5.13 Å². The number of hydrogen-bond donors (Lipinski definition) is 0. The van der Waals surface area contributed by atoms with Crippen molar-refractivity contribution in [2.45, 2.75) is 39.2 Å². The average molecular weight is 485 g/mol. The predicted octanol–water partition coefficient (Wildman–Crippen LogP) is 7.72. The maximum atomic E-state index is 6.61. The van der Waals surface area contributed by atoms with Gasteiger partial charge in [0, 0.05) is 15.5 Å². The highest BCUT2D eigenvalue weighted by molar-refractivity contribution is 7.16. The fraction of sp³-hybridized carbons (Fsp3) is 0.346. The number of aromatic nitrogens is 1. The van der Waals surface area contributed by atoms with E-state index >= 15 is 0 Å². The summed E-state index contributed by atoms with van der Waals surface area (Å²) < 4.78 is 5.41. The Morgan fingerprint density at radius 2 is 1.94 bits per heavy atom. The van der Waals surface area contributed by atoms with Gasteiger partial charge in [-0.25, -0.2) is 4.98 Å². The number of methoxy groups -OCH3 is 1. The highest BCUT2D eigenvalue weighted by Gasteiger charge is 2.31. The summed E-state index contributed by atoms with van der Waals surface area (Å²) in [7, 11) is 1.65. The van der Waals surface area contributed by atoms with Gasteiger partial charge in [-0.3, -0.25) is 0 Å². The quantitative estimate of drug-likeness (QED) is 0.306. The molecule has 166 valence electrons. The monoisotopic (exact) mass is 484 g/mol. The van der Waals surface area contributed by atoms with Gasteiger partial charge in [0.2, 0.25) is 0 Å². The number of hydrogen-bond acceptors (Lipinski definition) is 4. The van der Waals surface area contributed by atoms with Gasteiger partial charge in [-0.05, 0) is 61.6 Å². The molecule has 6 heteroatoms. The van der Waals surface area contributed by atoms with Gasteiger partial charge in [0.05, 0.1) is 30.4 Å². The molecule has 0 bridgehead atoms. The zero-order valence-corrected chi connectivity index (χ0v) is 20.8. The Balaban J connectivity index is 1.75. The molecule has 4 rings (SSSR count). The van der Waals surface area contributed by atoms with Crippen LogP contribution in [0.5, 0.6) is 5.75 Å². The number of aryl methyl sites for hydroxylation is 2. The number of thiazole rings is 1. The third kappa shape index (κ3) is 4.91. The molecule has 0 spiro atoms. The summed E-state index contributed by atoms with van der Waals surface area (Å²) in [4.78, 5) is 8.41. The van der Waals surface area contributed by atoms with Gasteiger partial charge >= 0.3 is 0 Å². The lowest BCUT2D eigenvalue weighted by molar-refractivity contribution is 0.412. The summed E-state index contributed by atoms with van der Waals surface area (Å²) in [5.74, 6) is 4.35. The number of halogens is 2. The van der Waals surface area contributed by atoms with Crippen molar-refractivity contribution in [3.63, 3.8) is 0 Å². The Bertz CT molecular complexity index is 1150.